The molecular formula is C19H17N3O8S. The molecule has 0 amide bonds. The second-order valence-corrected chi connectivity index (χ2v) is 8.47. The monoisotopic (exact) mass is 447 g/mol. The fourth-order valence-electron chi connectivity index (χ4n) is 3.24. The number of nitrogens with one attached hydrogen (secondary N) is 1. The van der Waals surface area contributed by atoms with E-state index in [4.69, 9.17) is 14.2 Å². The number of rotatable bonds is 5. The number of fused-ring (bicyclic) bond motifs is 2. The Morgan fingerprint density at radius 3 is 2.90 bits per heavy atom. The van der Waals surface area contributed by atoms with Crippen molar-refractivity contribution in [1.29, 1.82) is 0 Å². The zero-order chi connectivity index (χ0) is 22.2. The van der Waals surface area contributed by atoms with E-state index in [0.29, 0.717) is 22.4 Å². The summed E-state index contributed by atoms with van der Waals surface area (Å²) in [5.74, 6) is -0.308. The van der Waals surface area contributed by atoms with Gasteiger partial charge in [0, 0.05) is 28.8 Å². The van der Waals surface area contributed by atoms with Crippen molar-refractivity contribution >= 4 is 27.5 Å². The van der Waals surface area contributed by atoms with Gasteiger partial charge in [0.2, 0.25) is 0 Å². The topological polar surface area (TPSA) is 146 Å². The Bertz CT molecular complexity index is 1210. The molecule has 0 spiro atoms. The maximum Gasteiger partial charge on any atom is 0.330 e. The van der Waals surface area contributed by atoms with Crippen molar-refractivity contribution in [3.05, 3.63) is 63.2 Å². The third-order valence-corrected chi connectivity index (χ3v) is 6.08. The Balaban J connectivity index is 1.52. The van der Waals surface area contributed by atoms with Gasteiger partial charge < -0.3 is 14.2 Å². The Morgan fingerprint density at radius 2 is 2.13 bits per heavy atom. The van der Waals surface area contributed by atoms with Gasteiger partial charge in [0.25, 0.3) is 15.7 Å². The molecule has 2 heterocycles. The number of carbonyl (C=O) groups excluding carboxylic acids is 1. The van der Waals surface area contributed by atoms with Crippen LogP contribution in [0.3, 0.4) is 0 Å². The molecule has 0 unspecified atom stereocenters. The van der Waals surface area contributed by atoms with E-state index in [1.807, 2.05) is 0 Å². The second-order valence-electron chi connectivity index (χ2n) is 6.82. The van der Waals surface area contributed by atoms with Gasteiger partial charge >= 0.3 is 5.97 Å². The molecule has 1 N–H and O–H groups in total. The number of hydrogen-bond donors (Lipinski definition) is 1. The maximum atomic E-state index is 12.5. The van der Waals surface area contributed by atoms with Gasteiger partial charge in [-0.05, 0) is 19.1 Å². The van der Waals surface area contributed by atoms with E-state index in [2.05, 4.69) is 9.71 Å². The van der Waals surface area contributed by atoms with Gasteiger partial charge in [-0.15, -0.1) is 0 Å². The number of amidine groups is 1. The fourth-order valence-corrected chi connectivity index (χ4v) is 4.48. The average molecular weight is 447 g/mol. The van der Waals surface area contributed by atoms with Gasteiger partial charge in [-0.1, -0.05) is 12.1 Å². The van der Waals surface area contributed by atoms with Crippen LogP contribution in [0.5, 0.6) is 5.75 Å². The highest BCUT2D eigenvalue weighted by Crippen LogP contribution is 2.33. The van der Waals surface area contributed by atoms with Gasteiger partial charge in [-0.3, -0.25) is 19.8 Å². The lowest BCUT2D eigenvalue weighted by molar-refractivity contribution is -0.385. The minimum Gasteiger partial charge on any atom is -0.467 e. The predicted octanol–water partition coefficient (Wildman–Crippen LogP) is 1.63. The number of non-ortho nitro benzene ring substituents is 1. The predicted molar refractivity (Wildman–Crippen MR) is 106 cm³/mol. The van der Waals surface area contributed by atoms with Crippen molar-refractivity contribution in [3.63, 3.8) is 0 Å². The molecule has 4 rings (SSSR count). The number of ether oxygens (including phenoxy) is 3. The highest BCUT2D eigenvalue weighted by atomic mass is 32.2. The van der Waals surface area contributed by atoms with Crippen molar-refractivity contribution in [3.8, 4) is 5.75 Å². The van der Waals surface area contributed by atoms with Crippen LogP contribution in [0.2, 0.25) is 0 Å². The van der Waals surface area contributed by atoms with Crippen LogP contribution in [-0.2, 0) is 37.5 Å². The minimum absolute atomic E-state index is 0.0185. The first-order valence-corrected chi connectivity index (χ1v) is 10.6. The summed E-state index contributed by atoms with van der Waals surface area (Å²) in [4.78, 5) is 27.3. The van der Waals surface area contributed by atoms with Crippen LogP contribution in [0, 0.1) is 10.1 Å². The minimum atomic E-state index is -3.73. The molecule has 2 aliphatic rings. The molecule has 2 aromatic carbocycles. The van der Waals surface area contributed by atoms with Crippen LogP contribution < -0.4 is 9.46 Å². The summed E-state index contributed by atoms with van der Waals surface area (Å²) in [5, 5.41) is 11.2. The third-order valence-electron chi connectivity index (χ3n) is 4.68. The number of aliphatic imine (C=N–C) groups is 1. The first kappa shape index (κ1) is 20.8. The standard InChI is InChI=1S/C19H17N3O8S/c1-11(20-18-15-4-2-3-5-16(15)31(26,27)21-18)19(23)29-9-13-7-14(22(24)25)6-12-8-28-10-30-17(12)13/h2-7,11H,8-10H2,1H3,(H,20,21)/t11-/m0/s1. The number of carbonyl (C=O) groups is 1. The molecule has 0 radical (unpaired) electrons. The summed E-state index contributed by atoms with van der Waals surface area (Å²) in [5.41, 5.74) is 0.997. The smallest absolute Gasteiger partial charge is 0.330 e. The molecule has 0 fully saturated rings. The zero-order valence-corrected chi connectivity index (χ0v) is 17.0. The summed E-state index contributed by atoms with van der Waals surface area (Å²) < 4.78 is 42.5. The van der Waals surface area contributed by atoms with Gasteiger partial charge in [0.1, 0.15) is 24.2 Å². The summed E-state index contributed by atoms with van der Waals surface area (Å²) in [6.07, 6.45) is 0. The van der Waals surface area contributed by atoms with E-state index >= 15 is 0 Å². The number of hydrogen-bond acceptors (Lipinski definition) is 9. The molecule has 0 bridgehead atoms. The summed E-state index contributed by atoms with van der Waals surface area (Å²) >= 11 is 0. The van der Waals surface area contributed by atoms with Crippen molar-refractivity contribution in [2.24, 2.45) is 4.99 Å². The number of nitro benzene ring substituents is 1. The number of sulfonamides is 1. The molecule has 2 aliphatic heterocycles. The zero-order valence-electron chi connectivity index (χ0n) is 16.2. The first-order chi connectivity index (χ1) is 14.8. The molecule has 11 nitrogen and oxygen atoms in total. The summed E-state index contributed by atoms with van der Waals surface area (Å²) in [6.45, 7) is 1.30. The van der Waals surface area contributed by atoms with Crippen molar-refractivity contribution < 1.29 is 32.3 Å². The fraction of sp³-hybridized carbons (Fsp3) is 0.263. The lowest BCUT2D eigenvalue weighted by atomic mass is 10.1. The van der Waals surface area contributed by atoms with Crippen molar-refractivity contribution in [1.82, 2.24) is 4.72 Å². The van der Waals surface area contributed by atoms with Crippen LogP contribution in [0.1, 0.15) is 23.6 Å². The van der Waals surface area contributed by atoms with Crippen LogP contribution in [0.15, 0.2) is 46.3 Å². The highest BCUT2D eigenvalue weighted by molar-refractivity contribution is 7.90. The van der Waals surface area contributed by atoms with Crippen molar-refractivity contribution in [2.75, 3.05) is 6.79 Å². The largest absolute Gasteiger partial charge is 0.467 e. The van der Waals surface area contributed by atoms with E-state index in [-0.39, 0.29) is 36.4 Å². The lowest BCUT2D eigenvalue weighted by Crippen LogP contribution is -2.26. The molecule has 0 saturated carbocycles. The van der Waals surface area contributed by atoms with E-state index in [0.717, 1.165) is 0 Å². The molecular weight excluding hydrogens is 430 g/mol. The Labute approximate surface area is 176 Å². The van der Waals surface area contributed by atoms with Crippen LogP contribution in [0.4, 0.5) is 5.69 Å². The maximum absolute atomic E-state index is 12.5. The molecule has 0 aromatic heterocycles. The molecule has 0 aliphatic carbocycles. The van der Waals surface area contributed by atoms with E-state index in [1.165, 1.54) is 25.1 Å². The van der Waals surface area contributed by atoms with Crippen LogP contribution in [-0.4, -0.2) is 38.0 Å². The van der Waals surface area contributed by atoms with Gasteiger partial charge in [-0.2, -0.15) is 0 Å². The van der Waals surface area contributed by atoms with Crippen LogP contribution >= 0.6 is 0 Å². The molecule has 2 aromatic rings. The Morgan fingerprint density at radius 1 is 1.35 bits per heavy atom. The molecule has 12 heteroatoms. The SMILES string of the molecule is C[C@H](N=C1NS(=O)(=O)c2ccccc21)C(=O)OCc1cc([N+](=O)[O-])cc2c1OCOC2. The van der Waals surface area contributed by atoms with Crippen molar-refractivity contribution in [2.45, 2.75) is 31.1 Å². The lowest BCUT2D eigenvalue weighted by Gasteiger charge is -2.20. The van der Waals surface area contributed by atoms with Gasteiger partial charge in [0.05, 0.1) is 16.4 Å². The number of benzene rings is 2. The second kappa shape index (κ2) is 7.96. The summed E-state index contributed by atoms with van der Waals surface area (Å²) in [6, 6.07) is 7.87. The molecule has 1 atom stereocenters. The highest BCUT2D eigenvalue weighted by Gasteiger charge is 2.31. The van der Waals surface area contributed by atoms with E-state index in [1.54, 1.807) is 18.2 Å². The molecule has 31 heavy (non-hydrogen) atoms. The van der Waals surface area contributed by atoms with Crippen LogP contribution in [0.25, 0.3) is 0 Å². The number of nitrogens with zero attached hydrogens (tertiary/aromatic N) is 2. The average Bonchev–Trinajstić information content (AvgIpc) is 3.01. The Hall–Kier alpha value is -3.51. The normalized spacial score (nSPS) is 18.3. The molecule has 0 saturated heterocycles. The molecule has 162 valence electrons. The number of nitro groups is 1. The van der Waals surface area contributed by atoms with E-state index < -0.39 is 27.0 Å². The summed E-state index contributed by atoms with van der Waals surface area (Å²) in [7, 11) is -3.73. The third kappa shape index (κ3) is 4.07. The van der Waals surface area contributed by atoms with Gasteiger partial charge in [0.15, 0.2) is 6.79 Å². The van der Waals surface area contributed by atoms with Gasteiger partial charge in [-0.25, -0.2) is 13.2 Å². The number of esters is 1. The van der Waals surface area contributed by atoms with E-state index in [9.17, 15) is 23.3 Å². The first-order valence-electron chi connectivity index (χ1n) is 9.13. The quantitative estimate of drug-likeness (QED) is 0.413. The Kier molecular flexibility index (Phi) is 5.33.